The van der Waals surface area contributed by atoms with Crippen molar-refractivity contribution in [2.75, 3.05) is 0 Å². The van der Waals surface area contributed by atoms with E-state index in [1.165, 1.54) is 12.3 Å². The molecule has 0 radical (unpaired) electrons. The van der Waals surface area contributed by atoms with E-state index in [1.807, 2.05) is 30.3 Å². The molecule has 0 aliphatic rings. The lowest BCUT2D eigenvalue weighted by molar-refractivity contribution is 0.0466. The van der Waals surface area contributed by atoms with Crippen LogP contribution < -0.4 is 0 Å². The van der Waals surface area contributed by atoms with Crippen molar-refractivity contribution < 1.29 is 19.4 Å². The molecule has 0 amide bonds. The molecule has 0 fully saturated rings. The number of nitrogens with one attached hydrogen (secondary N) is 1. The van der Waals surface area contributed by atoms with Gasteiger partial charge in [-0.05, 0) is 11.6 Å². The summed E-state index contributed by atoms with van der Waals surface area (Å²) in [5, 5.41) is 8.72. The van der Waals surface area contributed by atoms with Crippen molar-refractivity contribution in [2.24, 2.45) is 0 Å². The number of esters is 1. The highest BCUT2D eigenvalue weighted by molar-refractivity contribution is 5.93. The van der Waals surface area contributed by atoms with Crippen molar-refractivity contribution in [2.45, 2.75) is 6.61 Å². The Hall–Kier alpha value is -2.56. The second-order valence-electron chi connectivity index (χ2n) is 3.67. The number of H-pyrrole nitrogens is 1. The first-order valence-electron chi connectivity index (χ1n) is 5.29. The number of carbonyl (C=O) groups excluding carboxylic acids is 1. The first-order valence-corrected chi connectivity index (χ1v) is 5.29. The molecule has 0 spiro atoms. The van der Waals surface area contributed by atoms with E-state index >= 15 is 0 Å². The summed E-state index contributed by atoms with van der Waals surface area (Å²) in [5.74, 6) is -1.67. The van der Waals surface area contributed by atoms with Crippen molar-refractivity contribution in [3.8, 4) is 0 Å². The van der Waals surface area contributed by atoms with Gasteiger partial charge in [0.1, 0.15) is 12.3 Å². The number of benzene rings is 1. The summed E-state index contributed by atoms with van der Waals surface area (Å²) in [6.07, 6.45) is 1.25. The van der Waals surface area contributed by atoms with Crippen molar-refractivity contribution in [1.82, 2.24) is 4.98 Å². The largest absolute Gasteiger partial charge is 0.478 e. The van der Waals surface area contributed by atoms with Crippen LogP contribution in [0.25, 0.3) is 0 Å². The van der Waals surface area contributed by atoms with Crippen LogP contribution in [-0.4, -0.2) is 22.0 Å². The fourth-order valence-corrected chi connectivity index (χ4v) is 1.44. The highest BCUT2D eigenvalue weighted by Crippen LogP contribution is 2.07. The number of aromatic amines is 1. The van der Waals surface area contributed by atoms with Gasteiger partial charge in [0.05, 0.1) is 5.56 Å². The molecule has 0 saturated carbocycles. The highest BCUT2D eigenvalue weighted by atomic mass is 16.5. The first kappa shape index (κ1) is 11.9. The predicted molar refractivity (Wildman–Crippen MR) is 63.3 cm³/mol. The topological polar surface area (TPSA) is 79.4 Å². The lowest BCUT2D eigenvalue weighted by Crippen LogP contribution is -2.05. The molecule has 0 bridgehead atoms. The molecule has 5 heteroatoms. The number of rotatable bonds is 4. The Morgan fingerprint density at radius 2 is 1.94 bits per heavy atom. The van der Waals surface area contributed by atoms with Gasteiger partial charge in [0.15, 0.2) is 0 Å². The first-order chi connectivity index (χ1) is 8.66. The fourth-order valence-electron chi connectivity index (χ4n) is 1.44. The number of aromatic nitrogens is 1. The van der Waals surface area contributed by atoms with Gasteiger partial charge in [-0.3, -0.25) is 0 Å². The van der Waals surface area contributed by atoms with Crippen LogP contribution in [0.4, 0.5) is 0 Å². The van der Waals surface area contributed by atoms with Gasteiger partial charge in [0.2, 0.25) is 0 Å². The number of carboxylic acid groups (broad SMARTS) is 1. The molecule has 2 N–H and O–H groups in total. The van der Waals surface area contributed by atoms with Crippen molar-refractivity contribution >= 4 is 11.9 Å². The molecule has 1 aromatic heterocycles. The van der Waals surface area contributed by atoms with Crippen LogP contribution >= 0.6 is 0 Å². The van der Waals surface area contributed by atoms with Crippen molar-refractivity contribution in [3.63, 3.8) is 0 Å². The molecule has 1 aromatic carbocycles. The second kappa shape index (κ2) is 5.18. The van der Waals surface area contributed by atoms with E-state index in [9.17, 15) is 9.59 Å². The maximum atomic E-state index is 11.6. The zero-order valence-electron chi connectivity index (χ0n) is 9.42. The summed E-state index contributed by atoms with van der Waals surface area (Å²) in [5.41, 5.74) is 1.03. The minimum absolute atomic E-state index is 0.0293. The number of carboxylic acids is 1. The van der Waals surface area contributed by atoms with Gasteiger partial charge in [0.25, 0.3) is 0 Å². The molecule has 0 aliphatic carbocycles. The zero-order chi connectivity index (χ0) is 13.0. The van der Waals surface area contributed by atoms with Crippen LogP contribution in [-0.2, 0) is 11.3 Å². The summed E-state index contributed by atoms with van der Waals surface area (Å²) in [6.45, 7) is 0.154. The molecule has 0 aliphatic heterocycles. The molecular formula is C13H11NO4. The maximum Gasteiger partial charge on any atom is 0.355 e. The molecule has 1 heterocycles. The van der Waals surface area contributed by atoms with Gasteiger partial charge < -0.3 is 14.8 Å². The molecule has 0 unspecified atom stereocenters. The van der Waals surface area contributed by atoms with Crippen LogP contribution in [0.3, 0.4) is 0 Å². The Bertz CT molecular complexity index is 559. The number of carbonyl (C=O) groups is 2. The third kappa shape index (κ3) is 2.76. The van der Waals surface area contributed by atoms with Gasteiger partial charge >= 0.3 is 11.9 Å². The van der Waals surface area contributed by atoms with E-state index in [4.69, 9.17) is 9.84 Å². The van der Waals surface area contributed by atoms with Crippen LogP contribution in [0.1, 0.15) is 26.4 Å². The molecule has 5 nitrogen and oxygen atoms in total. The van der Waals surface area contributed by atoms with Gasteiger partial charge in [-0.25, -0.2) is 9.59 Å². The van der Waals surface area contributed by atoms with Crippen LogP contribution in [0.2, 0.25) is 0 Å². The van der Waals surface area contributed by atoms with E-state index in [0.29, 0.717) is 0 Å². The quantitative estimate of drug-likeness (QED) is 0.808. The fraction of sp³-hybridized carbons (Fsp3) is 0.0769. The summed E-state index contributed by atoms with van der Waals surface area (Å²) >= 11 is 0. The number of ether oxygens (including phenoxy) is 1. The SMILES string of the molecule is O=C(O)c1c[nH]c(C(=O)OCc2ccccc2)c1. The van der Waals surface area contributed by atoms with Gasteiger partial charge in [-0.2, -0.15) is 0 Å². The van der Waals surface area contributed by atoms with Crippen LogP contribution in [0.5, 0.6) is 0 Å². The summed E-state index contributed by atoms with van der Waals surface area (Å²) in [6, 6.07) is 10.5. The summed E-state index contributed by atoms with van der Waals surface area (Å²) in [4.78, 5) is 24.8. The minimum atomic E-state index is -1.09. The molecule has 0 saturated heterocycles. The Morgan fingerprint density at radius 1 is 1.22 bits per heavy atom. The lowest BCUT2D eigenvalue weighted by Gasteiger charge is -2.02. The standard InChI is InChI=1S/C13H11NO4/c15-12(16)10-6-11(14-7-10)13(17)18-8-9-4-2-1-3-5-9/h1-7,14H,8H2,(H,15,16). The molecule has 92 valence electrons. The lowest BCUT2D eigenvalue weighted by atomic mass is 10.2. The molecule has 2 aromatic rings. The maximum absolute atomic E-state index is 11.6. The monoisotopic (exact) mass is 245 g/mol. The van der Waals surface area contributed by atoms with Crippen molar-refractivity contribution in [3.05, 3.63) is 59.4 Å². The third-order valence-corrected chi connectivity index (χ3v) is 2.36. The van der Waals surface area contributed by atoms with E-state index in [1.54, 1.807) is 0 Å². The number of hydrogen-bond acceptors (Lipinski definition) is 3. The Morgan fingerprint density at radius 3 is 2.56 bits per heavy atom. The normalized spacial score (nSPS) is 10.0. The van der Waals surface area contributed by atoms with Gasteiger partial charge in [-0.1, -0.05) is 30.3 Å². The average molecular weight is 245 g/mol. The zero-order valence-corrected chi connectivity index (χ0v) is 9.42. The summed E-state index contributed by atoms with van der Waals surface area (Å²) < 4.78 is 5.04. The summed E-state index contributed by atoms with van der Waals surface area (Å²) in [7, 11) is 0. The Balaban J connectivity index is 1.97. The van der Waals surface area contributed by atoms with Gasteiger partial charge in [0, 0.05) is 6.20 Å². The smallest absolute Gasteiger partial charge is 0.355 e. The average Bonchev–Trinajstić information content (AvgIpc) is 2.87. The Kier molecular flexibility index (Phi) is 3.43. The van der Waals surface area contributed by atoms with E-state index in [2.05, 4.69) is 4.98 Å². The highest BCUT2D eigenvalue weighted by Gasteiger charge is 2.13. The molecule has 0 atom stereocenters. The molecular weight excluding hydrogens is 234 g/mol. The van der Waals surface area contributed by atoms with Crippen molar-refractivity contribution in [1.29, 1.82) is 0 Å². The third-order valence-electron chi connectivity index (χ3n) is 2.36. The van der Waals surface area contributed by atoms with Gasteiger partial charge in [-0.15, -0.1) is 0 Å². The predicted octanol–water partition coefficient (Wildman–Crippen LogP) is 2.07. The second-order valence-corrected chi connectivity index (χ2v) is 3.67. The van der Waals surface area contributed by atoms with E-state index in [0.717, 1.165) is 5.56 Å². The van der Waals surface area contributed by atoms with Crippen LogP contribution in [0.15, 0.2) is 42.6 Å². The number of aromatic carboxylic acids is 1. The molecule has 18 heavy (non-hydrogen) atoms. The molecule has 2 rings (SSSR count). The Labute approximate surface area is 103 Å². The van der Waals surface area contributed by atoms with E-state index in [-0.39, 0.29) is 17.9 Å². The number of hydrogen-bond donors (Lipinski definition) is 2. The van der Waals surface area contributed by atoms with E-state index < -0.39 is 11.9 Å². The minimum Gasteiger partial charge on any atom is -0.478 e. The van der Waals surface area contributed by atoms with Crippen LogP contribution in [0, 0.1) is 0 Å².